The molecule has 34 heavy (non-hydrogen) atoms. The number of hydrogen-bond donors (Lipinski definition) is 1. The zero-order valence-corrected chi connectivity index (χ0v) is 21.4. The molecule has 10 heteroatoms. The minimum atomic E-state index is -3.76. The summed E-state index contributed by atoms with van der Waals surface area (Å²) in [4.78, 5) is 27.2. The van der Waals surface area contributed by atoms with Gasteiger partial charge in [0.1, 0.15) is 11.9 Å². The SMILES string of the molecule is CC(C)NC(=O)[C@H](C)N(Cc1ccc(Cl)cc1)C(=O)CCCN(c1ccccc1F)S(C)(=O)=O. The van der Waals surface area contributed by atoms with Gasteiger partial charge in [-0.05, 0) is 57.0 Å². The van der Waals surface area contributed by atoms with Crippen LogP contribution in [0.3, 0.4) is 0 Å². The second kappa shape index (κ2) is 12.2. The van der Waals surface area contributed by atoms with E-state index in [9.17, 15) is 22.4 Å². The number of carbonyl (C=O) groups is 2. The van der Waals surface area contributed by atoms with E-state index in [0.29, 0.717) is 5.02 Å². The molecule has 0 saturated carbocycles. The Hall–Kier alpha value is -2.65. The summed E-state index contributed by atoms with van der Waals surface area (Å²) < 4.78 is 39.7. The van der Waals surface area contributed by atoms with Gasteiger partial charge in [0.05, 0.1) is 11.9 Å². The van der Waals surface area contributed by atoms with Gasteiger partial charge in [0.2, 0.25) is 21.8 Å². The monoisotopic (exact) mass is 511 g/mol. The lowest BCUT2D eigenvalue weighted by Gasteiger charge is -2.30. The van der Waals surface area contributed by atoms with E-state index >= 15 is 0 Å². The van der Waals surface area contributed by atoms with Crippen LogP contribution in [0.4, 0.5) is 10.1 Å². The number of halogens is 2. The second-order valence-corrected chi connectivity index (χ2v) is 10.7. The zero-order chi connectivity index (χ0) is 25.5. The van der Waals surface area contributed by atoms with E-state index < -0.39 is 21.9 Å². The van der Waals surface area contributed by atoms with E-state index in [4.69, 9.17) is 11.6 Å². The lowest BCUT2D eigenvalue weighted by atomic mass is 10.1. The van der Waals surface area contributed by atoms with Gasteiger partial charge in [0.25, 0.3) is 0 Å². The molecule has 0 aliphatic rings. The van der Waals surface area contributed by atoms with Crippen LogP contribution in [0, 0.1) is 5.82 Å². The fourth-order valence-corrected chi connectivity index (χ4v) is 4.50. The van der Waals surface area contributed by atoms with Gasteiger partial charge in [-0.15, -0.1) is 0 Å². The van der Waals surface area contributed by atoms with E-state index in [0.717, 1.165) is 16.1 Å². The Labute approximate surface area is 205 Å². The number of benzene rings is 2. The predicted octanol–water partition coefficient (Wildman–Crippen LogP) is 3.97. The van der Waals surface area contributed by atoms with Crippen LogP contribution >= 0.6 is 11.6 Å². The van der Waals surface area contributed by atoms with Gasteiger partial charge in [0, 0.05) is 30.6 Å². The fraction of sp³-hybridized carbons (Fsp3) is 0.417. The number of sulfonamides is 1. The summed E-state index contributed by atoms with van der Waals surface area (Å²) in [5.41, 5.74) is 0.728. The first-order valence-corrected chi connectivity index (χ1v) is 13.2. The third-order valence-electron chi connectivity index (χ3n) is 5.14. The molecule has 0 saturated heterocycles. The number of nitrogens with zero attached hydrogens (tertiary/aromatic N) is 2. The molecule has 0 radical (unpaired) electrons. The molecule has 1 N–H and O–H groups in total. The number of nitrogens with one attached hydrogen (secondary N) is 1. The maximum atomic E-state index is 14.2. The van der Waals surface area contributed by atoms with Gasteiger partial charge in [-0.2, -0.15) is 0 Å². The molecule has 0 aliphatic heterocycles. The van der Waals surface area contributed by atoms with Crippen molar-refractivity contribution in [2.75, 3.05) is 17.1 Å². The molecular weight excluding hydrogens is 481 g/mol. The van der Waals surface area contributed by atoms with Crippen LogP contribution in [-0.2, 0) is 26.2 Å². The number of rotatable bonds is 11. The average molecular weight is 512 g/mol. The van der Waals surface area contributed by atoms with Crippen molar-refractivity contribution >= 4 is 39.1 Å². The summed E-state index contributed by atoms with van der Waals surface area (Å²) in [6.07, 6.45) is 1.12. The van der Waals surface area contributed by atoms with Gasteiger partial charge >= 0.3 is 0 Å². The lowest BCUT2D eigenvalue weighted by molar-refractivity contribution is -0.140. The van der Waals surface area contributed by atoms with Crippen molar-refractivity contribution in [1.82, 2.24) is 10.2 Å². The molecule has 2 amide bonds. The molecule has 7 nitrogen and oxygen atoms in total. The fourth-order valence-electron chi connectivity index (χ4n) is 3.41. The highest BCUT2D eigenvalue weighted by Gasteiger charge is 2.27. The molecule has 186 valence electrons. The summed E-state index contributed by atoms with van der Waals surface area (Å²) in [6.45, 7) is 5.42. The number of amides is 2. The maximum absolute atomic E-state index is 14.2. The van der Waals surface area contributed by atoms with E-state index in [2.05, 4.69) is 5.32 Å². The van der Waals surface area contributed by atoms with Crippen LogP contribution in [0.15, 0.2) is 48.5 Å². The van der Waals surface area contributed by atoms with E-state index in [1.54, 1.807) is 37.3 Å². The molecule has 0 unspecified atom stereocenters. The lowest BCUT2D eigenvalue weighted by Crippen LogP contribution is -2.49. The smallest absolute Gasteiger partial charge is 0.242 e. The highest BCUT2D eigenvalue weighted by atomic mass is 35.5. The van der Waals surface area contributed by atoms with Crippen molar-refractivity contribution < 1.29 is 22.4 Å². The Kier molecular flexibility index (Phi) is 9.88. The zero-order valence-electron chi connectivity index (χ0n) is 19.8. The van der Waals surface area contributed by atoms with Gasteiger partial charge in [-0.3, -0.25) is 13.9 Å². The van der Waals surface area contributed by atoms with Gasteiger partial charge < -0.3 is 10.2 Å². The van der Waals surface area contributed by atoms with Crippen LogP contribution in [0.2, 0.25) is 5.02 Å². The Morgan fingerprint density at radius 1 is 1.06 bits per heavy atom. The summed E-state index contributed by atoms with van der Waals surface area (Å²) in [5.74, 6) is -1.27. The van der Waals surface area contributed by atoms with Gasteiger partial charge in [0.15, 0.2) is 0 Å². The average Bonchev–Trinajstić information content (AvgIpc) is 2.75. The number of hydrogen-bond acceptors (Lipinski definition) is 4. The first-order chi connectivity index (χ1) is 15.9. The standard InChI is InChI=1S/C24H31ClFN3O4S/c1-17(2)27-24(31)18(3)28(16-19-11-13-20(25)14-12-19)23(30)10-7-15-29(34(4,32)33)22-9-6-5-8-21(22)26/h5-6,8-9,11-14,17-18H,7,10,15-16H2,1-4H3,(H,27,31)/t18-/m0/s1. The van der Waals surface area contributed by atoms with Crippen molar-refractivity contribution in [2.24, 2.45) is 0 Å². The van der Waals surface area contributed by atoms with Gasteiger partial charge in [-0.25, -0.2) is 12.8 Å². The highest BCUT2D eigenvalue weighted by Crippen LogP contribution is 2.22. The minimum absolute atomic E-state index is 0.0205. The first kappa shape index (κ1) is 27.6. The molecule has 0 spiro atoms. The third kappa shape index (κ3) is 7.99. The van der Waals surface area contributed by atoms with E-state index in [-0.39, 0.29) is 49.5 Å². The van der Waals surface area contributed by atoms with Crippen molar-refractivity contribution in [3.63, 3.8) is 0 Å². The van der Waals surface area contributed by atoms with Crippen LogP contribution in [0.5, 0.6) is 0 Å². The predicted molar refractivity (Wildman–Crippen MR) is 133 cm³/mol. The van der Waals surface area contributed by atoms with Crippen LogP contribution < -0.4 is 9.62 Å². The molecular formula is C24H31ClFN3O4S. The minimum Gasteiger partial charge on any atom is -0.352 e. The summed E-state index contributed by atoms with van der Waals surface area (Å²) in [5, 5.41) is 3.37. The van der Waals surface area contributed by atoms with Crippen molar-refractivity contribution in [3.8, 4) is 0 Å². The Morgan fingerprint density at radius 3 is 2.24 bits per heavy atom. The molecule has 2 aromatic rings. The van der Waals surface area contributed by atoms with Crippen molar-refractivity contribution in [3.05, 3.63) is 64.9 Å². The topological polar surface area (TPSA) is 86.8 Å². The molecule has 1 atom stereocenters. The Bertz CT molecular complexity index is 1090. The first-order valence-electron chi connectivity index (χ1n) is 11.0. The van der Waals surface area contributed by atoms with Crippen molar-refractivity contribution in [2.45, 2.75) is 52.2 Å². The summed E-state index contributed by atoms with van der Waals surface area (Å²) in [7, 11) is -3.76. The third-order valence-corrected chi connectivity index (χ3v) is 6.57. The van der Waals surface area contributed by atoms with Crippen LogP contribution in [-0.4, -0.2) is 50.0 Å². The molecule has 2 aromatic carbocycles. The van der Waals surface area contributed by atoms with E-state index in [1.807, 2.05) is 13.8 Å². The molecule has 2 rings (SSSR count). The van der Waals surface area contributed by atoms with Gasteiger partial charge in [-0.1, -0.05) is 35.9 Å². The van der Waals surface area contributed by atoms with Crippen LogP contribution in [0.1, 0.15) is 39.2 Å². The Balaban J connectivity index is 2.17. The van der Waals surface area contributed by atoms with E-state index in [1.165, 1.54) is 23.1 Å². The van der Waals surface area contributed by atoms with Crippen LogP contribution in [0.25, 0.3) is 0 Å². The molecule has 0 bridgehead atoms. The van der Waals surface area contributed by atoms with Crippen molar-refractivity contribution in [1.29, 1.82) is 0 Å². The number of anilines is 1. The molecule has 0 fully saturated rings. The molecule has 0 aromatic heterocycles. The quantitative estimate of drug-likeness (QED) is 0.494. The second-order valence-electron chi connectivity index (χ2n) is 8.38. The number of carbonyl (C=O) groups excluding carboxylic acids is 2. The maximum Gasteiger partial charge on any atom is 0.242 e. The highest BCUT2D eigenvalue weighted by molar-refractivity contribution is 7.92. The summed E-state index contributed by atoms with van der Waals surface area (Å²) >= 11 is 5.95. The normalized spacial score (nSPS) is 12.3. The summed E-state index contributed by atoms with van der Waals surface area (Å²) in [6, 6.07) is 11.7. The number of para-hydroxylation sites is 1. The molecule has 0 heterocycles. The Morgan fingerprint density at radius 2 is 1.68 bits per heavy atom. The largest absolute Gasteiger partial charge is 0.352 e. The molecule has 0 aliphatic carbocycles.